The Morgan fingerprint density at radius 1 is 1.13 bits per heavy atom. The summed E-state index contributed by atoms with van der Waals surface area (Å²) in [6.45, 7) is 3.72. The molecular formula is C13H9NO. The fraction of sp³-hybridized carbons (Fsp3) is 0. The van der Waals surface area contributed by atoms with Crippen molar-refractivity contribution in [3.8, 4) is 6.26 Å². The Morgan fingerprint density at radius 3 is 2.67 bits per heavy atom. The standard InChI is InChI=1S/C13H9NO/c1-10(15-9-14)12-8-4-6-11-5-2-3-7-13(11)12/h2-8H,1H2. The fourth-order valence-electron chi connectivity index (χ4n) is 1.58. The van der Waals surface area contributed by atoms with Gasteiger partial charge in [-0.05, 0) is 10.8 Å². The maximum atomic E-state index is 8.44. The van der Waals surface area contributed by atoms with Crippen LogP contribution in [0.1, 0.15) is 5.56 Å². The second kappa shape index (κ2) is 3.85. The van der Waals surface area contributed by atoms with E-state index in [0.29, 0.717) is 5.76 Å². The first kappa shape index (κ1) is 9.29. The third kappa shape index (κ3) is 1.68. The molecule has 0 spiro atoms. The molecule has 15 heavy (non-hydrogen) atoms. The molecule has 0 atom stereocenters. The van der Waals surface area contributed by atoms with Crippen LogP contribution in [0.5, 0.6) is 0 Å². The zero-order chi connectivity index (χ0) is 10.7. The second-order valence-corrected chi connectivity index (χ2v) is 3.14. The van der Waals surface area contributed by atoms with E-state index in [-0.39, 0.29) is 0 Å². The second-order valence-electron chi connectivity index (χ2n) is 3.14. The van der Waals surface area contributed by atoms with Gasteiger partial charge < -0.3 is 4.74 Å². The lowest BCUT2D eigenvalue weighted by molar-refractivity contribution is 0.465. The van der Waals surface area contributed by atoms with Gasteiger partial charge in [0.05, 0.1) is 0 Å². The Balaban J connectivity index is 2.62. The van der Waals surface area contributed by atoms with E-state index in [9.17, 15) is 0 Å². The minimum absolute atomic E-state index is 0.384. The van der Waals surface area contributed by atoms with E-state index in [2.05, 4.69) is 6.58 Å². The summed E-state index contributed by atoms with van der Waals surface area (Å²) >= 11 is 0. The zero-order valence-corrected chi connectivity index (χ0v) is 8.10. The monoisotopic (exact) mass is 195 g/mol. The molecule has 0 saturated carbocycles. The molecule has 0 N–H and O–H groups in total. The average molecular weight is 195 g/mol. The molecule has 2 rings (SSSR count). The highest BCUT2D eigenvalue weighted by atomic mass is 16.5. The summed E-state index contributed by atoms with van der Waals surface area (Å²) in [5.41, 5.74) is 0.856. The average Bonchev–Trinajstić information content (AvgIpc) is 2.28. The predicted octanol–water partition coefficient (Wildman–Crippen LogP) is 3.31. The third-order valence-corrected chi connectivity index (χ3v) is 2.26. The minimum atomic E-state index is 0.384. The highest BCUT2D eigenvalue weighted by molar-refractivity contribution is 5.92. The first-order valence-electron chi connectivity index (χ1n) is 4.56. The first-order chi connectivity index (χ1) is 7.33. The van der Waals surface area contributed by atoms with Crippen molar-refractivity contribution in [2.75, 3.05) is 0 Å². The lowest BCUT2D eigenvalue weighted by atomic mass is 10.0. The van der Waals surface area contributed by atoms with Gasteiger partial charge >= 0.3 is 0 Å². The minimum Gasteiger partial charge on any atom is -0.388 e. The van der Waals surface area contributed by atoms with Crippen LogP contribution in [0, 0.1) is 11.5 Å². The van der Waals surface area contributed by atoms with Crippen LogP contribution < -0.4 is 0 Å². The maximum Gasteiger partial charge on any atom is 0.292 e. The summed E-state index contributed by atoms with van der Waals surface area (Å²) in [5.74, 6) is 0.384. The third-order valence-electron chi connectivity index (χ3n) is 2.26. The number of fused-ring (bicyclic) bond motifs is 1. The molecular weight excluding hydrogens is 186 g/mol. The van der Waals surface area contributed by atoms with Gasteiger partial charge in [0.2, 0.25) is 0 Å². The Kier molecular flexibility index (Phi) is 2.38. The van der Waals surface area contributed by atoms with Crippen LogP contribution in [0.2, 0.25) is 0 Å². The van der Waals surface area contributed by atoms with Crippen LogP contribution in [-0.4, -0.2) is 0 Å². The van der Waals surface area contributed by atoms with Crippen molar-refractivity contribution in [1.29, 1.82) is 5.26 Å². The topological polar surface area (TPSA) is 33.0 Å². The lowest BCUT2D eigenvalue weighted by Crippen LogP contribution is -1.86. The molecule has 0 bridgehead atoms. The number of ether oxygens (including phenoxy) is 1. The van der Waals surface area contributed by atoms with Gasteiger partial charge in [0.25, 0.3) is 6.26 Å². The molecule has 0 fully saturated rings. The van der Waals surface area contributed by atoms with Crippen molar-refractivity contribution in [2.24, 2.45) is 0 Å². The van der Waals surface area contributed by atoms with Gasteiger partial charge in [0.1, 0.15) is 5.76 Å². The molecule has 72 valence electrons. The molecule has 0 unspecified atom stereocenters. The summed E-state index contributed by atoms with van der Waals surface area (Å²) in [6.07, 6.45) is 1.63. The number of benzene rings is 2. The van der Waals surface area contributed by atoms with Gasteiger partial charge in [-0.3, -0.25) is 0 Å². The van der Waals surface area contributed by atoms with Gasteiger partial charge in [0, 0.05) is 5.56 Å². The van der Waals surface area contributed by atoms with Crippen LogP contribution in [0.4, 0.5) is 0 Å². The molecule has 0 heterocycles. The smallest absolute Gasteiger partial charge is 0.292 e. The van der Waals surface area contributed by atoms with Crippen molar-refractivity contribution in [2.45, 2.75) is 0 Å². The van der Waals surface area contributed by atoms with Crippen LogP contribution in [0.25, 0.3) is 16.5 Å². The summed E-state index contributed by atoms with van der Waals surface area (Å²) < 4.78 is 4.75. The summed E-state index contributed by atoms with van der Waals surface area (Å²) in [6, 6.07) is 13.7. The molecule has 0 aliphatic heterocycles. The van der Waals surface area contributed by atoms with E-state index in [0.717, 1.165) is 16.3 Å². The highest BCUT2D eigenvalue weighted by Crippen LogP contribution is 2.24. The quantitative estimate of drug-likeness (QED) is 0.544. The van der Waals surface area contributed by atoms with Crippen molar-refractivity contribution in [3.05, 3.63) is 54.6 Å². The summed E-state index contributed by atoms with van der Waals surface area (Å²) in [5, 5.41) is 10.6. The van der Waals surface area contributed by atoms with E-state index in [1.54, 1.807) is 6.26 Å². The number of nitriles is 1. The molecule has 0 radical (unpaired) electrons. The van der Waals surface area contributed by atoms with Gasteiger partial charge in [0.15, 0.2) is 0 Å². The normalized spacial score (nSPS) is 9.53. The highest BCUT2D eigenvalue weighted by Gasteiger charge is 2.04. The lowest BCUT2D eigenvalue weighted by Gasteiger charge is -2.05. The molecule has 2 aromatic rings. The van der Waals surface area contributed by atoms with Crippen LogP contribution in [0.15, 0.2) is 49.0 Å². The Labute approximate surface area is 88.0 Å². The molecule has 0 amide bonds. The van der Waals surface area contributed by atoms with E-state index in [1.165, 1.54) is 0 Å². The molecule has 2 heteroatoms. The summed E-state index contributed by atoms with van der Waals surface area (Å²) in [4.78, 5) is 0. The number of rotatable bonds is 2. The van der Waals surface area contributed by atoms with Crippen molar-refractivity contribution in [3.63, 3.8) is 0 Å². The SMILES string of the molecule is C=C(OC#N)c1cccc2ccccc12. The van der Waals surface area contributed by atoms with E-state index < -0.39 is 0 Å². The molecule has 0 aromatic heterocycles. The molecule has 0 saturated heterocycles. The largest absolute Gasteiger partial charge is 0.388 e. The van der Waals surface area contributed by atoms with E-state index >= 15 is 0 Å². The zero-order valence-electron chi connectivity index (χ0n) is 8.10. The van der Waals surface area contributed by atoms with Crippen LogP contribution in [-0.2, 0) is 4.74 Å². The van der Waals surface area contributed by atoms with E-state index in [4.69, 9.17) is 10.00 Å². The Hall–Kier alpha value is -2.27. The molecule has 2 aromatic carbocycles. The van der Waals surface area contributed by atoms with Gasteiger partial charge in [-0.25, -0.2) is 0 Å². The molecule has 2 nitrogen and oxygen atoms in total. The van der Waals surface area contributed by atoms with Crippen molar-refractivity contribution in [1.82, 2.24) is 0 Å². The van der Waals surface area contributed by atoms with Gasteiger partial charge in [-0.1, -0.05) is 49.0 Å². The van der Waals surface area contributed by atoms with Crippen LogP contribution >= 0.6 is 0 Å². The first-order valence-corrected chi connectivity index (χ1v) is 4.56. The van der Waals surface area contributed by atoms with Crippen LogP contribution in [0.3, 0.4) is 0 Å². The number of hydrogen-bond acceptors (Lipinski definition) is 2. The Bertz CT molecular complexity index is 546. The number of hydrogen-bond donors (Lipinski definition) is 0. The predicted molar refractivity (Wildman–Crippen MR) is 59.7 cm³/mol. The molecule has 0 aliphatic rings. The van der Waals surface area contributed by atoms with Crippen molar-refractivity contribution >= 4 is 16.5 Å². The Morgan fingerprint density at radius 2 is 1.87 bits per heavy atom. The molecule has 0 aliphatic carbocycles. The maximum absolute atomic E-state index is 8.44. The van der Waals surface area contributed by atoms with Crippen molar-refractivity contribution < 1.29 is 4.74 Å². The van der Waals surface area contributed by atoms with Gasteiger partial charge in [-0.15, -0.1) is 5.26 Å². The van der Waals surface area contributed by atoms with E-state index in [1.807, 2.05) is 42.5 Å². The fourth-order valence-corrected chi connectivity index (χ4v) is 1.58. The summed E-state index contributed by atoms with van der Waals surface area (Å²) in [7, 11) is 0. The van der Waals surface area contributed by atoms with Gasteiger partial charge in [-0.2, -0.15) is 0 Å². The number of nitrogens with zero attached hydrogens (tertiary/aromatic N) is 1.